The summed E-state index contributed by atoms with van der Waals surface area (Å²) in [6.45, 7) is 6.71. The van der Waals surface area contributed by atoms with Crippen LogP contribution in [0.25, 0.3) is 5.78 Å². The highest BCUT2D eigenvalue weighted by atomic mass is 32.1. The van der Waals surface area contributed by atoms with Crippen LogP contribution < -0.4 is 10.9 Å². The van der Waals surface area contributed by atoms with Gasteiger partial charge in [-0.3, -0.25) is 19.6 Å². The Bertz CT molecular complexity index is 1050. The van der Waals surface area contributed by atoms with E-state index in [1.165, 1.54) is 15.9 Å². The molecular weight excluding hydrogens is 378 g/mol. The molecule has 1 aliphatic heterocycles. The van der Waals surface area contributed by atoms with Crippen LogP contribution in [0.15, 0.2) is 16.4 Å². The van der Waals surface area contributed by atoms with Gasteiger partial charge in [0.2, 0.25) is 0 Å². The molecule has 0 aliphatic carbocycles. The first-order valence-electron chi connectivity index (χ1n) is 9.35. The number of aryl methyl sites for hydroxylation is 2. The summed E-state index contributed by atoms with van der Waals surface area (Å²) in [6.07, 6.45) is 2.13. The van der Waals surface area contributed by atoms with Gasteiger partial charge in [-0.2, -0.15) is 9.50 Å². The summed E-state index contributed by atoms with van der Waals surface area (Å²) < 4.78 is 1.36. The lowest BCUT2D eigenvalue weighted by Crippen LogP contribution is -2.40. The smallest absolute Gasteiger partial charge is 0.274 e. The number of rotatable bonds is 5. The van der Waals surface area contributed by atoms with Crippen molar-refractivity contribution in [1.29, 1.82) is 0 Å². The van der Waals surface area contributed by atoms with Crippen molar-refractivity contribution in [3.05, 3.63) is 44.0 Å². The number of hydrogen-bond donors (Lipinski definition) is 2. The average molecular weight is 401 g/mol. The predicted molar refractivity (Wildman–Crippen MR) is 106 cm³/mol. The molecule has 4 heterocycles. The molecule has 1 fully saturated rings. The Balaban J connectivity index is 1.37. The zero-order valence-electron chi connectivity index (χ0n) is 15.9. The van der Waals surface area contributed by atoms with E-state index in [1.54, 1.807) is 18.5 Å². The topological polar surface area (TPSA) is 108 Å². The molecule has 10 heteroatoms. The molecule has 1 atom stereocenters. The quantitative estimate of drug-likeness (QED) is 0.664. The lowest BCUT2D eigenvalue weighted by atomic mass is 9.98. The molecule has 28 heavy (non-hydrogen) atoms. The van der Waals surface area contributed by atoms with Crippen molar-refractivity contribution >= 4 is 23.0 Å². The van der Waals surface area contributed by atoms with E-state index < -0.39 is 0 Å². The van der Waals surface area contributed by atoms with E-state index in [9.17, 15) is 9.59 Å². The molecule has 148 valence electrons. The number of piperidine rings is 1. The molecule has 0 saturated carbocycles. The second-order valence-electron chi connectivity index (χ2n) is 7.25. The first kappa shape index (κ1) is 18.8. The number of amides is 1. The zero-order valence-corrected chi connectivity index (χ0v) is 16.8. The van der Waals surface area contributed by atoms with Crippen LogP contribution >= 0.6 is 11.3 Å². The van der Waals surface area contributed by atoms with E-state index in [1.807, 2.05) is 6.92 Å². The largest absolute Gasteiger partial charge is 0.351 e. The Morgan fingerprint density at radius 1 is 1.39 bits per heavy atom. The zero-order chi connectivity index (χ0) is 19.7. The Kier molecular flexibility index (Phi) is 5.23. The third kappa shape index (κ3) is 3.97. The summed E-state index contributed by atoms with van der Waals surface area (Å²) in [6, 6.07) is 1.56. The van der Waals surface area contributed by atoms with Crippen molar-refractivity contribution in [2.45, 2.75) is 33.2 Å². The highest BCUT2D eigenvalue weighted by Gasteiger charge is 2.22. The van der Waals surface area contributed by atoms with Gasteiger partial charge in [0.15, 0.2) is 0 Å². The van der Waals surface area contributed by atoms with E-state index in [0.29, 0.717) is 35.5 Å². The molecule has 0 radical (unpaired) electrons. The minimum absolute atomic E-state index is 0.0498. The molecule has 1 saturated heterocycles. The van der Waals surface area contributed by atoms with Gasteiger partial charge in [-0.05, 0) is 39.2 Å². The van der Waals surface area contributed by atoms with Crippen LogP contribution in [0, 0.1) is 19.8 Å². The summed E-state index contributed by atoms with van der Waals surface area (Å²) in [5.74, 6) is 1.39. The van der Waals surface area contributed by atoms with Crippen LogP contribution in [-0.2, 0) is 6.54 Å². The van der Waals surface area contributed by atoms with Gasteiger partial charge < -0.3 is 5.32 Å². The Labute approximate surface area is 165 Å². The van der Waals surface area contributed by atoms with Gasteiger partial charge in [0.25, 0.3) is 17.2 Å². The van der Waals surface area contributed by atoms with Crippen molar-refractivity contribution in [2.75, 3.05) is 19.6 Å². The van der Waals surface area contributed by atoms with E-state index in [4.69, 9.17) is 0 Å². The number of nitrogens with one attached hydrogen (secondary N) is 2. The second kappa shape index (κ2) is 7.80. The number of aromatic amines is 1. The van der Waals surface area contributed by atoms with E-state index in [-0.39, 0.29) is 11.5 Å². The number of fused-ring (bicyclic) bond motifs is 1. The summed E-state index contributed by atoms with van der Waals surface area (Å²) >= 11 is 1.37. The van der Waals surface area contributed by atoms with Crippen molar-refractivity contribution in [2.24, 2.45) is 5.92 Å². The third-order valence-corrected chi connectivity index (χ3v) is 5.91. The number of H-pyrrole nitrogens is 1. The fourth-order valence-electron chi connectivity index (χ4n) is 3.64. The summed E-state index contributed by atoms with van der Waals surface area (Å²) in [5.41, 5.74) is 3.04. The number of hydrogen-bond acceptors (Lipinski definition) is 7. The molecule has 0 spiro atoms. The fourth-order valence-corrected chi connectivity index (χ4v) is 4.36. The molecule has 9 nitrogen and oxygen atoms in total. The Morgan fingerprint density at radius 3 is 3.04 bits per heavy atom. The van der Waals surface area contributed by atoms with Crippen LogP contribution in [-0.4, -0.2) is 55.0 Å². The average Bonchev–Trinajstić information content (AvgIpc) is 3.25. The molecule has 3 aromatic rings. The SMILES string of the molecule is Cc1nc2nc(CN3CCCC(CNC(=O)c4scnc4C)C3)cc(=O)n2[nH]1. The Hall–Kier alpha value is -2.59. The lowest BCUT2D eigenvalue weighted by molar-refractivity contribution is 0.0933. The van der Waals surface area contributed by atoms with Crippen LogP contribution in [0.5, 0.6) is 0 Å². The molecule has 4 rings (SSSR count). The lowest BCUT2D eigenvalue weighted by Gasteiger charge is -2.32. The van der Waals surface area contributed by atoms with Crippen molar-refractivity contribution < 1.29 is 4.79 Å². The molecule has 1 unspecified atom stereocenters. The maximum absolute atomic E-state index is 12.3. The number of nitrogens with zero attached hydrogens (tertiary/aromatic N) is 5. The second-order valence-corrected chi connectivity index (χ2v) is 8.11. The third-order valence-electron chi connectivity index (χ3n) is 4.99. The Morgan fingerprint density at radius 2 is 2.25 bits per heavy atom. The van der Waals surface area contributed by atoms with Gasteiger partial charge in [0, 0.05) is 25.7 Å². The summed E-state index contributed by atoms with van der Waals surface area (Å²) in [4.78, 5) is 40.4. The van der Waals surface area contributed by atoms with Gasteiger partial charge in [-0.1, -0.05) is 0 Å². The highest BCUT2D eigenvalue weighted by Crippen LogP contribution is 2.18. The highest BCUT2D eigenvalue weighted by molar-refractivity contribution is 7.11. The van der Waals surface area contributed by atoms with Gasteiger partial charge >= 0.3 is 0 Å². The molecule has 1 aliphatic rings. The molecule has 1 amide bonds. The molecule has 3 aromatic heterocycles. The minimum Gasteiger partial charge on any atom is -0.351 e. The molecule has 0 bridgehead atoms. The monoisotopic (exact) mass is 401 g/mol. The normalized spacial score (nSPS) is 17.9. The minimum atomic E-state index is -0.152. The number of aromatic nitrogens is 5. The number of carbonyl (C=O) groups is 1. The van der Waals surface area contributed by atoms with E-state index in [2.05, 4.69) is 30.3 Å². The van der Waals surface area contributed by atoms with Gasteiger partial charge in [-0.25, -0.2) is 9.97 Å². The first-order valence-corrected chi connectivity index (χ1v) is 10.2. The molecular formula is C18H23N7O2S. The predicted octanol–water partition coefficient (Wildman–Crippen LogP) is 1.13. The van der Waals surface area contributed by atoms with E-state index >= 15 is 0 Å². The van der Waals surface area contributed by atoms with Gasteiger partial charge in [0.1, 0.15) is 10.7 Å². The van der Waals surface area contributed by atoms with Gasteiger partial charge in [-0.15, -0.1) is 11.3 Å². The fraction of sp³-hybridized carbons (Fsp3) is 0.500. The summed E-state index contributed by atoms with van der Waals surface area (Å²) in [5, 5.41) is 5.92. The maximum atomic E-state index is 12.3. The van der Waals surface area contributed by atoms with Gasteiger partial charge in [0.05, 0.1) is 16.9 Å². The van der Waals surface area contributed by atoms with Crippen molar-refractivity contribution in [1.82, 2.24) is 34.8 Å². The first-order chi connectivity index (χ1) is 13.5. The van der Waals surface area contributed by atoms with Crippen molar-refractivity contribution in [3.8, 4) is 0 Å². The number of likely N-dealkylation sites (tertiary alicyclic amines) is 1. The van der Waals surface area contributed by atoms with E-state index in [0.717, 1.165) is 37.3 Å². The summed E-state index contributed by atoms with van der Waals surface area (Å²) in [7, 11) is 0. The van der Waals surface area contributed by atoms with Crippen LogP contribution in [0.3, 0.4) is 0 Å². The molecule has 2 N–H and O–H groups in total. The molecule has 0 aromatic carbocycles. The maximum Gasteiger partial charge on any atom is 0.274 e. The number of carbonyl (C=O) groups excluding carboxylic acids is 1. The van der Waals surface area contributed by atoms with Crippen LogP contribution in [0.4, 0.5) is 0 Å². The van der Waals surface area contributed by atoms with Crippen LogP contribution in [0.1, 0.15) is 39.7 Å². The standard InChI is InChI=1S/C18H23N7O2S/c1-11-16(28-10-20-11)17(27)19-7-13-4-3-5-24(8-13)9-14-6-15(26)25-18(22-14)21-12(2)23-25/h6,10,13H,3-5,7-9H2,1-2H3,(H,19,27)(H,21,22,23). The number of thiazole rings is 1. The van der Waals surface area contributed by atoms with Crippen LogP contribution in [0.2, 0.25) is 0 Å². The van der Waals surface area contributed by atoms with Crippen molar-refractivity contribution in [3.63, 3.8) is 0 Å².